The number of hydrogen-bond acceptors (Lipinski definition) is 5. The topological polar surface area (TPSA) is 78.3 Å². The summed E-state index contributed by atoms with van der Waals surface area (Å²) < 4.78 is 1.78. The van der Waals surface area contributed by atoms with E-state index >= 15 is 0 Å². The minimum Gasteiger partial charge on any atom is -0.545 e. The molecule has 0 spiro atoms. The van der Waals surface area contributed by atoms with Gasteiger partial charge in [-0.15, -0.1) is 11.3 Å². The summed E-state index contributed by atoms with van der Waals surface area (Å²) in [6, 6.07) is 13.6. The summed E-state index contributed by atoms with van der Waals surface area (Å²) >= 11 is 1.57. The van der Waals surface area contributed by atoms with Crippen molar-refractivity contribution in [3.63, 3.8) is 0 Å². The van der Waals surface area contributed by atoms with Gasteiger partial charge in [0.15, 0.2) is 0 Å². The van der Waals surface area contributed by atoms with Gasteiger partial charge in [0, 0.05) is 31.4 Å². The Balaban J connectivity index is 1.91. The number of amides is 1. The Morgan fingerprint density at radius 3 is 2.62 bits per heavy atom. The standard InChI is InChI=1S/C19H17N3O3S/c1-21(17(23)9-10-18(24)25)12-14-13-22(15-6-3-2-4-7-15)20-19(14)16-8-5-11-26-16/h2-11,13H,12H2,1H3,(H,24,25)/p-1/b10-9+. The summed E-state index contributed by atoms with van der Waals surface area (Å²) in [6.45, 7) is 0.302. The fourth-order valence-corrected chi connectivity index (χ4v) is 3.20. The monoisotopic (exact) mass is 366 g/mol. The molecule has 3 aromatic rings. The number of likely N-dealkylation sites (N-methyl/N-ethyl adjacent to an activating group) is 1. The third-order valence-corrected chi connectivity index (χ3v) is 4.59. The number of carbonyl (C=O) groups is 2. The maximum Gasteiger partial charge on any atom is 0.246 e. The Hall–Kier alpha value is -3.19. The molecule has 0 radical (unpaired) electrons. The third kappa shape index (κ3) is 4.07. The number of thiophene rings is 1. The van der Waals surface area contributed by atoms with Crippen LogP contribution in [-0.4, -0.2) is 33.6 Å². The van der Waals surface area contributed by atoms with Crippen molar-refractivity contribution in [2.24, 2.45) is 0 Å². The second-order valence-corrected chi connectivity index (χ2v) is 6.55. The van der Waals surface area contributed by atoms with Crippen molar-refractivity contribution in [3.8, 4) is 16.3 Å². The molecule has 0 aliphatic heterocycles. The number of carboxylic acid groups (broad SMARTS) is 1. The van der Waals surface area contributed by atoms with E-state index in [4.69, 9.17) is 0 Å². The quantitative estimate of drug-likeness (QED) is 0.624. The van der Waals surface area contributed by atoms with Gasteiger partial charge in [-0.25, -0.2) is 4.68 Å². The van der Waals surface area contributed by atoms with E-state index in [1.807, 2.05) is 54.0 Å². The first-order valence-electron chi connectivity index (χ1n) is 7.86. The van der Waals surface area contributed by atoms with E-state index in [0.29, 0.717) is 6.54 Å². The highest BCUT2D eigenvalue weighted by Gasteiger charge is 2.16. The number of rotatable bonds is 6. The van der Waals surface area contributed by atoms with Crippen LogP contribution >= 0.6 is 11.3 Å². The van der Waals surface area contributed by atoms with Gasteiger partial charge in [0.1, 0.15) is 5.69 Å². The maximum atomic E-state index is 12.0. The minimum atomic E-state index is -1.40. The second kappa shape index (κ2) is 7.79. The number of aromatic nitrogens is 2. The highest BCUT2D eigenvalue weighted by Crippen LogP contribution is 2.28. The van der Waals surface area contributed by atoms with Crippen LogP contribution in [0.25, 0.3) is 16.3 Å². The van der Waals surface area contributed by atoms with Crippen molar-refractivity contribution in [2.75, 3.05) is 7.05 Å². The highest BCUT2D eigenvalue weighted by molar-refractivity contribution is 7.13. The smallest absolute Gasteiger partial charge is 0.246 e. The average molecular weight is 366 g/mol. The molecule has 0 aliphatic carbocycles. The number of benzene rings is 1. The zero-order chi connectivity index (χ0) is 18.5. The van der Waals surface area contributed by atoms with Crippen LogP contribution in [0.2, 0.25) is 0 Å². The second-order valence-electron chi connectivity index (χ2n) is 5.61. The predicted octanol–water partition coefficient (Wildman–Crippen LogP) is 1.87. The lowest BCUT2D eigenvalue weighted by Gasteiger charge is -2.14. The van der Waals surface area contributed by atoms with Crippen LogP contribution in [0.5, 0.6) is 0 Å². The molecule has 0 saturated carbocycles. The van der Waals surface area contributed by atoms with Crippen LogP contribution in [0.4, 0.5) is 0 Å². The first kappa shape index (κ1) is 17.6. The van der Waals surface area contributed by atoms with Gasteiger partial charge >= 0.3 is 0 Å². The molecule has 0 N–H and O–H groups in total. The van der Waals surface area contributed by atoms with Crippen molar-refractivity contribution < 1.29 is 14.7 Å². The molecular weight excluding hydrogens is 350 g/mol. The van der Waals surface area contributed by atoms with Crippen molar-refractivity contribution in [1.82, 2.24) is 14.7 Å². The fraction of sp³-hybridized carbons (Fsp3) is 0.105. The van der Waals surface area contributed by atoms with E-state index in [1.165, 1.54) is 4.90 Å². The normalized spacial score (nSPS) is 11.0. The Morgan fingerprint density at radius 1 is 1.19 bits per heavy atom. The van der Waals surface area contributed by atoms with Gasteiger partial charge in [-0.3, -0.25) is 4.79 Å². The van der Waals surface area contributed by atoms with Gasteiger partial charge in [-0.05, 0) is 29.7 Å². The Morgan fingerprint density at radius 2 is 1.96 bits per heavy atom. The Kier molecular flexibility index (Phi) is 5.28. The summed E-state index contributed by atoms with van der Waals surface area (Å²) in [7, 11) is 1.61. The van der Waals surface area contributed by atoms with Crippen LogP contribution in [0.1, 0.15) is 5.56 Å². The first-order chi connectivity index (χ1) is 12.5. The molecule has 132 valence electrons. The van der Waals surface area contributed by atoms with Crippen LogP contribution in [-0.2, 0) is 16.1 Å². The summed E-state index contributed by atoms with van der Waals surface area (Å²) in [5.41, 5.74) is 2.59. The molecule has 6 nitrogen and oxygen atoms in total. The molecule has 0 atom stereocenters. The third-order valence-electron chi connectivity index (χ3n) is 3.71. The summed E-state index contributed by atoms with van der Waals surface area (Å²) in [6.07, 6.45) is 3.60. The molecule has 0 aliphatic rings. The van der Waals surface area contributed by atoms with E-state index in [-0.39, 0.29) is 0 Å². The van der Waals surface area contributed by atoms with Crippen LogP contribution in [0.3, 0.4) is 0 Å². The number of carbonyl (C=O) groups excluding carboxylic acids is 2. The lowest BCUT2D eigenvalue weighted by atomic mass is 10.2. The van der Waals surface area contributed by atoms with Gasteiger partial charge in [0.05, 0.1) is 16.5 Å². The molecule has 1 amide bonds. The van der Waals surface area contributed by atoms with Crippen molar-refractivity contribution >= 4 is 23.2 Å². The predicted molar refractivity (Wildman–Crippen MR) is 97.5 cm³/mol. The van der Waals surface area contributed by atoms with E-state index in [9.17, 15) is 14.7 Å². The maximum absolute atomic E-state index is 12.0. The lowest BCUT2D eigenvalue weighted by molar-refractivity contribution is -0.297. The van der Waals surface area contributed by atoms with Crippen LogP contribution < -0.4 is 5.11 Å². The van der Waals surface area contributed by atoms with Crippen molar-refractivity contribution in [1.29, 1.82) is 0 Å². The van der Waals surface area contributed by atoms with Gasteiger partial charge in [-0.1, -0.05) is 24.3 Å². The number of aliphatic carboxylic acids is 1. The van der Waals surface area contributed by atoms with Gasteiger partial charge < -0.3 is 14.8 Å². The number of carboxylic acids is 1. The van der Waals surface area contributed by atoms with Crippen molar-refractivity contribution in [2.45, 2.75) is 6.54 Å². The average Bonchev–Trinajstić information content (AvgIpc) is 3.29. The summed E-state index contributed by atoms with van der Waals surface area (Å²) in [5, 5.41) is 17.1. The molecule has 0 saturated heterocycles. The Bertz CT molecular complexity index is 930. The summed E-state index contributed by atoms with van der Waals surface area (Å²) in [4.78, 5) is 25.0. The van der Waals surface area contributed by atoms with E-state index in [1.54, 1.807) is 23.1 Å². The lowest BCUT2D eigenvalue weighted by Crippen LogP contribution is -2.25. The number of para-hydroxylation sites is 1. The molecule has 1 aromatic carbocycles. The first-order valence-corrected chi connectivity index (χ1v) is 8.74. The molecule has 0 bridgehead atoms. The number of hydrogen-bond donors (Lipinski definition) is 0. The number of nitrogens with zero attached hydrogens (tertiary/aromatic N) is 3. The van der Waals surface area contributed by atoms with Gasteiger partial charge in [0.25, 0.3) is 0 Å². The van der Waals surface area contributed by atoms with E-state index in [2.05, 4.69) is 5.10 Å². The molecule has 2 heterocycles. The van der Waals surface area contributed by atoms with Crippen LogP contribution in [0.15, 0.2) is 66.2 Å². The Labute approximate surface area is 154 Å². The SMILES string of the molecule is CN(Cc1cn(-c2ccccc2)nc1-c1cccs1)C(=O)/C=C/C(=O)[O-]. The highest BCUT2D eigenvalue weighted by atomic mass is 32.1. The van der Waals surface area contributed by atoms with E-state index < -0.39 is 11.9 Å². The molecule has 7 heteroatoms. The van der Waals surface area contributed by atoms with Crippen LogP contribution in [0, 0.1) is 0 Å². The minimum absolute atomic E-state index is 0.302. The molecule has 0 unspecified atom stereocenters. The molecule has 0 fully saturated rings. The van der Waals surface area contributed by atoms with E-state index in [0.717, 1.165) is 34.0 Å². The molecule has 3 rings (SSSR count). The molecular formula is C19H16N3O3S-. The van der Waals surface area contributed by atoms with Crippen molar-refractivity contribution in [3.05, 3.63) is 71.8 Å². The van der Waals surface area contributed by atoms with Gasteiger partial charge in [0.2, 0.25) is 5.91 Å². The molecule has 26 heavy (non-hydrogen) atoms. The molecule has 2 aromatic heterocycles. The zero-order valence-electron chi connectivity index (χ0n) is 14.0. The zero-order valence-corrected chi connectivity index (χ0v) is 14.8. The fourth-order valence-electron chi connectivity index (χ4n) is 2.46. The summed E-state index contributed by atoms with van der Waals surface area (Å²) in [5.74, 6) is -1.82. The largest absolute Gasteiger partial charge is 0.545 e. The van der Waals surface area contributed by atoms with Gasteiger partial charge in [-0.2, -0.15) is 5.10 Å².